The van der Waals surface area contributed by atoms with Gasteiger partial charge in [-0.15, -0.1) is 0 Å². The van der Waals surface area contributed by atoms with Crippen LogP contribution in [0.25, 0.3) is 11.5 Å². The molecule has 2 heterocycles. The van der Waals surface area contributed by atoms with E-state index in [1.807, 2.05) is 24.3 Å². The largest absolute Gasteiger partial charge is 0.497 e. The van der Waals surface area contributed by atoms with Gasteiger partial charge in [0, 0.05) is 18.8 Å². The van der Waals surface area contributed by atoms with E-state index < -0.39 is 0 Å². The Hall–Kier alpha value is -2.89. The SMILES string of the molecule is COc1ccc(CCn2cc(-c3nc(C)no3)ccc2=O)cc1. The predicted octanol–water partition coefficient (Wildman–Crippen LogP) is 2.46. The molecule has 1 aromatic carbocycles. The van der Waals surface area contributed by atoms with Gasteiger partial charge in [-0.2, -0.15) is 4.98 Å². The van der Waals surface area contributed by atoms with Crippen molar-refractivity contribution in [1.29, 1.82) is 0 Å². The first-order valence-corrected chi connectivity index (χ1v) is 7.30. The summed E-state index contributed by atoms with van der Waals surface area (Å²) in [6, 6.07) is 11.0. The quantitative estimate of drug-likeness (QED) is 0.724. The number of hydrogen-bond donors (Lipinski definition) is 0. The van der Waals surface area contributed by atoms with Crippen molar-refractivity contribution in [2.24, 2.45) is 0 Å². The number of pyridine rings is 1. The summed E-state index contributed by atoms with van der Waals surface area (Å²) in [5, 5.41) is 3.77. The second-order valence-corrected chi connectivity index (χ2v) is 5.19. The molecule has 0 aliphatic heterocycles. The molecule has 0 amide bonds. The third kappa shape index (κ3) is 3.48. The molecule has 6 nitrogen and oxygen atoms in total. The van der Waals surface area contributed by atoms with Gasteiger partial charge in [0.1, 0.15) is 5.75 Å². The number of hydrogen-bond acceptors (Lipinski definition) is 5. The van der Waals surface area contributed by atoms with E-state index in [1.165, 1.54) is 6.07 Å². The van der Waals surface area contributed by atoms with Gasteiger partial charge in [0.15, 0.2) is 5.82 Å². The highest BCUT2D eigenvalue weighted by molar-refractivity contribution is 5.50. The monoisotopic (exact) mass is 311 g/mol. The Labute approximate surface area is 133 Å². The van der Waals surface area contributed by atoms with Gasteiger partial charge in [0.2, 0.25) is 0 Å². The van der Waals surface area contributed by atoms with Gasteiger partial charge < -0.3 is 13.8 Å². The van der Waals surface area contributed by atoms with Crippen molar-refractivity contribution in [3.8, 4) is 17.2 Å². The maximum absolute atomic E-state index is 12.0. The minimum atomic E-state index is -0.0569. The summed E-state index contributed by atoms with van der Waals surface area (Å²) < 4.78 is 11.9. The molecule has 0 atom stereocenters. The third-order valence-electron chi connectivity index (χ3n) is 3.56. The van der Waals surface area contributed by atoms with Crippen LogP contribution in [0, 0.1) is 6.92 Å². The molecule has 0 aliphatic rings. The van der Waals surface area contributed by atoms with Crippen molar-refractivity contribution in [3.05, 3.63) is 64.3 Å². The Bertz CT molecular complexity index is 850. The molecular weight excluding hydrogens is 294 g/mol. The van der Waals surface area contributed by atoms with Crippen molar-refractivity contribution >= 4 is 0 Å². The summed E-state index contributed by atoms with van der Waals surface area (Å²) in [6.45, 7) is 2.33. The fourth-order valence-electron chi connectivity index (χ4n) is 2.29. The van der Waals surface area contributed by atoms with Crippen molar-refractivity contribution in [3.63, 3.8) is 0 Å². The van der Waals surface area contributed by atoms with Gasteiger partial charge in [-0.25, -0.2) is 0 Å². The highest BCUT2D eigenvalue weighted by Crippen LogP contribution is 2.16. The highest BCUT2D eigenvalue weighted by Gasteiger charge is 2.08. The summed E-state index contributed by atoms with van der Waals surface area (Å²) in [5.74, 6) is 1.80. The Kier molecular flexibility index (Phi) is 4.23. The zero-order valence-corrected chi connectivity index (χ0v) is 13.0. The van der Waals surface area contributed by atoms with Crippen LogP contribution in [-0.2, 0) is 13.0 Å². The van der Waals surface area contributed by atoms with E-state index in [2.05, 4.69) is 10.1 Å². The van der Waals surface area contributed by atoms with E-state index in [1.54, 1.807) is 30.9 Å². The van der Waals surface area contributed by atoms with Gasteiger partial charge in [-0.3, -0.25) is 4.79 Å². The molecule has 0 radical (unpaired) electrons. The summed E-state index contributed by atoms with van der Waals surface area (Å²) in [4.78, 5) is 16.2. The van der Waals surface area contributed by atoms with Crippen LogP contribution in [0.3, 0.4) is 0 Å². The fraction of sp³-hybridized carbons (Fsp3) is 0.235. The van der Waals surface area contributed by atoms with E-state index >= 15 is 0 Å². The number of benzene rings is 1. The second-order valence-electron chi connectivity index (χ2n) is 5.19. The van der Waals surface area contributed by atoms with Crippen molar-refractivity contribution in [2.45, 2.75) is 19.9 Å². The smallest absolute Gasteiger partial charge is 0.259 e. The first-order chi connectivity index (χ1) is 11.2. The molecule has 0 saturated carbocycles. The van der Waals surface area contributed by atoms with E-state index in [-0.39, 0.29) is 5.56 Å². The molecular formula is C17H17N3O3. The maximum Gasteiger partial charge on any atom is 0.259 e. The van der Waals surface area contributed by atoms with Gasteiger partial charge in [-0.1, -0.05) is 17.3 Å². The van der Waals surface area contributed by atoms with Crippen LogP contribution in [0.1, 0.15) is 11.4 Å². The maximum atomic E-state index is 12.0. The minimum absolute atomic E-state index is 0.0569. The lowest BCUT2D eigenvalue weighted by Crippen LogP contribution is -2.19. The molecule has 118 valence electrons. The number of methoxy groups -OCH3 is 1. The van der Waals surface area contributed by atoms with Gasteiger partial charge in [-0.05, 0) is 37.1 Å². The lowest BCUT2D eigenvalue weighted by Gasteiger charge is -2.07. The third-order valence-corrected chi connectivity index (χ3v) is 3.56. The summed E-state index contributed by atoms with van der Waals surface area (Å²) in [6.07, 6.45) is 2.50. The molecule has 0 bridgehead atoms. The Balaban J connectivity index is 1.77. The molecule has 0 unspecified atom stereocenters. The predicted molar refractivity (Wildman–Crippen MR) is 85.4 cm³/mol. The molecule has 0 fully saturated rings. The first kappa shape index (κ1) is 15.0. The lowest BCUT2D eigenvalue weighted by molar-refractivity contribution is 0.414. The van der Waals surface area contributed by atoms with Gasteiger partial charge in [0.25, 0.3) is 11.4 Å². The van der Waals surface area contributed by atoms with Crippen molar-refractivity contribution < 1.29 is 9.26 Å². The Morgan fingerprint density at radius 1 is 1.17 bits per heavy atom. The van der Waals surface area contributed by atoms with Gasteiger partial charge >= 0.3 is 0 Å². The summed E-state index contributed by atoms with van der Waals surface area (Å²) in [5.41, 5.74) is 1.81. The van der Waals surface area contributed by atoms with E-state index in [4.69, 9.17) is 9.26 Å². The normalized spacial score (nSPS) is 10.7. The number of aromatic nitrogens is 3. The highest BCUT2D eigenvalue weighted by atomic mass is 16.5. The van der Waals surface area contributed by atoms with Crippen LogP contribution >= 0.6 is 0 Å². The van der Waals surface area contributed by atoms with E-state index in [0.29, 0.717) is 18.3 Å². The number of aryl methyl sites for hydroxylation is 3. The molecule has 3 rings (SSSR count). The number of rotatable bonds is 5. The first-order valence-electron chi connectivity index (χ1n) is 7.30. The molecule has 0 saturated heterocycles. The molecule has 0 aliphatic carbocycles. The zero-order chi connectivity index (χ0) is 16.2. The second kappa shape index (κ2) is 6.48. The number of ether oxygens (including phenoxy) is 1. The Morgan fingerprint density at radius 2 is 1.96 bits per heavy atom. The average Bonchev–Trinajstić information content (AvgIpc) is 3.01. The van der Waals surface area contributed by atoms with E-state index in [0.717, 1.165) is 23.3 Å². The fourth-order valence-corrected chi connectivity index (χ4v) is 2.29. The molecule has 0 spiro atoms. The molecule has 23 heavy (non-hydrogen) atoms. The van der Waals surface area contributed by atoms with Crippen molar-refractivity contribution in [1.82, 2.24) is 14.7 Å². The van der Waals surface area contributed by atoms with Crippen LogP contribution in [0.15, 0.2) is 51.9 Å². The van der Waals surface area contributed by atoms with Crippen LogP contribution in [0.5, 0.6) is 5.75 Å². The van der Waals surface area contributed by atoms with E-state index in [9.17, 15) is 4.79 Å². The summed E-state index contributed by atoms with van der Waals surface area (Å²) >= 11 is 0. The minimum Gasteiger partial charge on any atom is -0.497 e. The zero-order valence-electron chi connectivity index (χ0n) is 13.0. The van der Waals surface area contributed by atoms with Crippen LogP contribution < -0.4 is 10.3 Å². The van der Waals surface area contributed by atoms with Gasteiger partial charge in [0.05, 0.1) is 12.7 Å². The number of nitrogens with zero attached hydrogens (tertiary/aromatic N) is 3. The van der Waals surface area contributed by atoms with Crippen molar-refractivity contribution in [2.75, 3.05) is 7.11 Å². The topological polar surface area (TPSA) is 70.2 Å². The standard InChI is InChI=1S/C17H17N3O3/c1-12-18-17(23-19-12)14-5-8-16(21)20(11-14)10-9-13-3-6-15(22-2)7-4-13/h3-8,11H,9-10H2,1-2H3. The molecule has 3 aromatic rings. The Morgan fingerprint density at radius 3 is 2.61 bits per heavy atom. The van der Waals surface area contributed by atoms with Crippen LogP contribution in [-0.4, -0.2) is 21.8 Å². The molecule has 0 N–H and O–H groups in total. The molecule has 6 heteroatoms. The van der Waals surface area contributed by atoms with Crippen LogP contribution in [0.2, 0.25) is 0 Å². The lowest BCUT2D eigenvalue weighted by atomic mass is 10.1. The summed E-state index contributed by atoms with van der Waals surface area (Å²) in [7, 11) is 1.64. The van der Waals surface area contributed by atoms with Crippen LogP contribution in [0.4, 0.5) is 0 Å². The molecule has 2 aromatic heterocycles. The average molecular weight is 311 g/mol.